The van der Waals surface area contributed by atoms with Crippen molar-refractivity contribution in [2.75, 3.05) is 26.7 Å². The Balaban J connectivity index is 1.52. The molecule has 1 saturated heterocycles. The summed E-state index contributed by atoms with van der Waals surface area (Å²) in [6, 6.07) is 11.5. The predicted octanol–water partition coefficient (Wildman–Crippen LogP) is 3.31. The van der Waals surface area contributed by atoms with Gasteiger partial charge in [0.1, 0.15) is 11.5 Å². The Morgan fingerprint density at radius 2 is 2.04 bits per heavy atom. The molecule has 2 aromatic rings. The van der Waals surface area contributed by atoms with Gasteiger partial charge in [-0.05, 0) is 55.8 Å². The number of nitrogens with zero attached hydrogens (tertiary/aromatic N) is 1. The predicted molar refractivity (Wildman–Crippen MR) is 100 cm³/mol. The summed E-state index contributed by atoms with van der Waals surface area (Å²) in [5.74, 6) is 1.69. The highest BCUT2D eigenvalue weighted by molar-refractivity contribution is 5.73. The van der Waals surface area contributed by atoms with Crippen LogP contribution < -0.4 is 15.4 Å². The molecule has 0 aliphatic carbocycles. The minimum Gasteiger partial charge on any atom is -0.497 e. The van der Waals surface area contributed by atoms with Gasteiger partial charge < -0.3 is 19.8 Å². The highest BCUT2D eigenvalue weighted by Crippen LogP contribution is 2.24. The average Bonchev–Trinajstić information content (AvgIpc) is 3.22. The van der Waals surface area contributed by atoms with Gasteiger partial charge >= 0.3 is 6.03 Å². The van der Waals surface area contributed by atoms with Crippen LogP contribution in [-0.4, -0.2) is 37.7 Å². The first-order valence-electron chi connectivity index (χ1n) is 9.18. The molecule has 2 heterocycles. The summed E-state index contributed by atoms with van der Waals surface area (Å²) in [5, 5.41) is 5.88. The number of urea groups is 1. The molecule has 1 aliphatic heterocycles. The van der Waals surface area contributed by atoms with Gasteiger partial charge in [0, 0.05) is 13.1 Å². The molecule has 1 fully saturated rings. The zero-order chi connectivity index (χ0) is 18.2. The molecule has 6 nitrogen and oxygen atoms in total. The second-order valence-electron chi connectivity index (χ2n) is 6.54. The van der Waals surface area contributed by atoms with Gasteiger partial charge in [-0.3, -0.25) is 4.90 Å². The highest BCUT2D eigenvalue weighted by Gasteiger charge is 2.24. The van der Waals surface area contributed by atoms with Gasteiger partial charge in [0.25, 0.3) is 0 Å². The first-order valence-corrected chi connectivity index (χ1v) is 9.18. The van der Waals surface area contributed by atoms with E-state index in [1.165, 1.54) is 19.3 Å². The van der Waals surface area contributed by atoms with Crippen molar-refractivity contribution in [3.63, 3.8) is 0 Å². The monoisotopic (exact) mass is 357 g/mol. The van der Waals surface area contributed by atoms with E-state index in [4.69, 9.17) is 9.15 Å². The van der Waals surface area contributed by atoms with Crippen LogP contribution in [-0.2, 0) is 6.54 Å². The topological polar surface area (TPSA) is 66.7 Å². The van der Waals surface area contributed by atoms with Crippen LogP contribution >= 0.6 is 0 Å². The van der Waals surface area contributed by atoms with E-state index in [9.17, 15) is 4.79 Å². The summed E-state index contributed by atoms with van der Waals surface area (Å²) in [4.78, 5) is 14.6. The summed E-state index contributed by atoms with van der Waals surface area (Å²) in [6.45, 7) is 3.06. The molecule has 6 heteroatoms. The Morgan fingerprint density at radius 3 is 2.77 bits per heavy atom. The first kappa shape index (κ1) is 18.3. The molecular formula is C20H27N3O3. The summed E-state index contributed by atoms with van der Waals surface area (Å²) in [5.41, 5.74) is 0.998. The van der Waals surface area contributed by atoms with Crippen molar-refractivity contribution in [1.82, 2.24) is 15.5 Å². The number of ether oxygens (including phenoxy) is 1. The van der Waals surface area contributed by atoms with Crippen LogP contribution in [0.2, 0.25) is 0 Å². The van der Waals surface area contributed by atoms with Crippen molar-refractivity contribution in [3.8, 4) is 5.75 Å². The number of hydrogen-bond donors (Lipinski definition) is 2. The van der Waals surface area contributed by atoms with Crippen LogP contribution in [0.5, 0.6) is 5.75 Å². The molecule has 3 rings (SSSR count). The largest absolute Gasteiger partial charge is 0.497 e. The first-order chi connectivity index (χ1) is 12.8. The molecule has 1 aromatic heterocycles. The molecule has 0 saturated carbocycles. The zero-order valence-corrected chi connectivity index (χ0v) is 15.2. The van der Waals surface area contributed by atoms with Crippen LogP contribution in [0.4, 0.5) is 4.79 Å². The van der Waals surface area contributed by atoms with Crippen LogP contribution in [0, 0.1) is 0 Å². The number of piperidine rings is 1. The lowest BCUT2D eigenvalue weighted by Crippen LogP contribution is -2.43. The molecule has 0 radical (unpaired) electrons. The number of methoxy groups -OCH3 is 1. The summed E-state index contributed by atoms with van der Waals surface area (Å²) >= 11 is 0. The Kier molecular flexibility index (Phi) is 6.55. The lowest BCUT2D eigenvalue weighted by Gasteiger charge is -2.33. The summed E-state index contributed by atoms with van der Waals surface area (Å²) in [6.07, 6.45) is 5.35. The smallest absolute Gasteiger partial charge is 0.315 e. The fourth-order valence-corrected chi connectivity index (χ4v) is 3.34. The van der Waals surface area contributed by atoms with Gasteiger partial charge in [-0.2, -0.15) is 0 Å². The van der Waals surface area contributed by atoms with E-state index < -0.39 is 0 Å². The maximum atomic E-state index is 12.2. The Hall–Kier alpha value is -2.47. The van der Waals surface area contributed by atoms with E-state index in [2.05, 4.69) is 15.5 Å². The number of carbonyl (C=O) groups excluding carboxylic acids is 1. The van der Waals surface area contributed by atoms with Gasteiger partial charge in [0.15, 0.2) is 0 Å². The standard InChI is InChI=1S/C20H27N3O3/c1-25-17-8-5-7-16(13-17)14-21-20(24)22-15-18(19-9-6-12-26-19)23-10-3-2-4-11-23/h5-9,12-13,18H,2-4,10-11,14-15H2,1H3,(H2,21,22,24). The number of benzene rings is 1. The van der Waals surface area contributed by atoms with Gasteiger partial charge in [0.2, 0.25) is 0 Å². The molecule has 1 atom stereocenters. The number of hydrogen-bond acceptors (Lipinski definition) is 4. The fourth-order valence-electron chi connectivity index (χ4n) is 3.34. The van der Waals surface area contributed by atoms with Crippen molar-refractivity contribution in [1.29, 1.82) is 0 Å². The van der Waals surface area contributed by atoms with E-state index in [-0.39, 0.29) is 12.1 Å². The van der Waals surface area contributed by atoms with Crippen LogP contribution in [0.15, 0.2) is 47.1 Å². The van der Waals surface area contributed by atoms with Crippen molar-refractivity contribution < 1.29 is 13.9 Å². The molecule has 1 unspecified atom stereocenters. The molecule has 2 N–H and O–H groups in total. The van der Waals surface area contributed by atoms with E-state index >= 15 is 0 Å². The van der Waals surface area contributed by atoms with Crippen molar-refractivity contribution in [2.24, 2.45) is 0 Å². The van der Waals surface area contributed by atoms with Gasteiger partial charge in [-0.1, -0.05) is 18.6 Å². The van der Waals surface area contributed by atoms with Crippen LogP contribution in [0.25, 0.3) is 0 Å². The molecule has 1 aromatic carbocycles. The van der Waals surface area contributed by atoms with E-state index in [0.717, 1.165) is 30.2 Å². The van der Waals surface area contributed by atoms with Crippen molar-refractivity contribution in [3.05, 3.63) is 54.0 Å². The third kappa shape index (κ3) is 5.02. The number of amides is 2. The van der Waals surface area contributed by atoms with Crippen LogP contribution in [0.3, 0.4) is 0 Å². The number of furan rings is 1. The average molecular weight is 357 g/mol. The van der Waals surface area contributed by atoms with E-state index in [0.29, 0.717) is 13.1 Å². The fraction of sp³-hybridized carbons (Fsp3) is 0.450. The summed E-state index contributed by atoms with van der Waals surface area (Å²) in [7, 11) is 1.63. The van der Waals surface area contributed by atoms with E-state index in [1.807, 2.05) is 36.4 Å². The number of likely N-dealkylation sites (tertiary alicyclic amines) is 1. The molecule has 0 bridgehead atoms. The lowest BCUT2D eigenvalue weighted by atomic mass is 10.1. The lowest BCUT2D eigenvalue weighted by molar-refractivity contribution is 0.143. The molecule has 140 valence electrons. The molecule has 2 amide bonds. The van der Waals surface area contributed by atoms with Crippen molar-refractivity contribution in [2.45, 2.75) is 31.8 Å². The maximum absolute atomic E-state index is 12.2. The molecule has 0 spiro atoms. The summed E-state index contributed by atoms with van der Waals surface area (Å²) < 4.78 is 10.8. The Bertz CT molecular complexity index is 681. The second kappa shape index (κ2) is 9.29. The van der Waals surface area contributed by atoms with E-state index in [1.54, 1.807) is 13.4 Å². The zero-order valence-electron chi connectivity index (χ0n) is 15.2. The maximum Gasteiger partial charge on any atom is 0.315 e. The molecule has 1 aliphatic rings. The highest BCUT2D eigenvalue weighted by atomic mass is 16.5. The normalized spacial score (nSPS) is 16.0. The quantitative estimate of drug-likeness (QED) is 0.798. The number of nitrogens with one attached hydrogen (secondary N) is 2. The molecule has 26 heavy (non-hydrogen) atoms. The minimum atomic E-state index is -0.179. The Morgan fingerprint density at radius 1 is 1.19 bits per heavy atom. The molecular weight excluding hydrogens is 330 g/mol. The van der Waals surface area contributed by atoms with Crippen molar-refractivity contribution >= 4 is 6.03 Å². The third-order valence-electron chi connectivity index (χ3n) is 4.75. The Labute approximate surface area is 154 Å². The van der Waals surface area contributed by atoms with Crippen LogP contribution in [0.1, 0.15) is 36.6 Å². The second-order valence-corrected chi connectivity index (χ2v) is 6.54. The third-order valence-corrected chi connectivity index (χ3v) is 4.75. The number of rotatable bonds is 7. The van der Waals surface area contributed by atoms with Gasteiger partial charge in [-0.15, -0.1) is 0 Å². The van der Waals surface area contributed by atoms with Gasteiger partial charge in [-0.25, -0.2) is 4.79 Å². The number of carbonyl (C=O) groups is 1. The van der Waals surface area contributed by atoms with Gasteiger partial charge in [0.05, 0.1) is 19.4 Å². The SMILES string of the molecule is COc1cccc(CNC(=O)NCC(c2ccco2)N2CCCCC2)c1. The minimum absolute atomic E-state index is 0.0767.